The van der Waals surface area contributed by atoms with Crippen molar-refractivity contribution in [2.75, 3.05) is 11.9 Å². The van der Waals surface area contributed by atoms with Crippen molar-refractivity contribution in [3.8, 4) is 11.8 Å². The lowest BCUT2D eigenvalue weighted by molar-refractivity contribution is -0.124. The molecular weight excluding hydrogens is 276 g/mol. The molecule has 1 aliphatic rings. The van der Waals surface area contributed by atoms with E-state index in [0.29, 0.717) is 23.6 Å². The summed E-state index contributed by atoms with van der Waals surface area (Å²) in [7, 11) is 0. The number of anilines is 1. The van der Waals surface area contributed by atoms with Gasteiger partial charge >= 0.3 is 0 Å². The molecule has 1 aromatic carbocycles. The van der Waals surface area contributed by atoms with Gasteiger partial charge in [0.2, 0.25) is 5.91 Å². The predicted molar refractivity (Wildman–Crippen MR) is 86.8 cm³/mol. The first-order valence-corrected chi connectivity index (χ1v) is 8.07. The summed E-state index contributed by atoms with van der Waals surface area (Å²) in [6.07, 6.45) is 6.09. The summed E-state index contributed by atoms with van der Waals surface area (Å²) in [6.45, 7) is 4.72. The van der Waals surface area contributed by atoms with E-state index in [9.17, 15) is 10.1 Å². The number of ether oxygens (including phenoxy) is 1. The Morgan fingerprint density at radius 2 is 2.14 bits per heavy atom. The molecule has 0 bridgehead atoms. The number of hydrogen-bond acceptors (Lipinski definition) is 3. The monoisotopic (exact) mass is 300 g/mol. The molecule has 0 saturated heterocycles. The van der Waals surface area contributed by atoms with Crippen LogP contribution in [0.15, 0.2) is 18.2 Å². The third kappa shape index (κ3) is 3.79. The third-order valence-corrected chi connectivity index (χ3v) is 4.37. The zero-order valence-electron chi connectivity index (χ0n) is 13.4. The molecule has 118 valence electrons. The van der Waals surface area contributed by atoms with Gasteiger partial charge in [0.15, 0.2) is 0 Å². The van der Waals surface area contributed by atoms with Crippen LogP contribution >= 0.6 is 0 Å². The predicted octanol–water partition coefficient (Wildman–Crippen LogP) is 4.26. The first kappa shape index (κ1) is 16.4. The van der Waals surface area contributed by atoms with Gasteiger partial charge in [-0.15, -0.1) is 0 Å². The Morgan fingerprint density at radius 1 is 1.41 bits per heavy atom. The van der Waals surface area contributed by atoms with Crippen molar-refractivity contribution in [2.45, 2.75) is 52.4 Å². The van der Waals surface area contributed by atoms with Crippen LogP contribution in [0.3, 0.4) is 0 Å². The maximum Gasteiger partial charge on any atom is 0.230 e. The van der Waals surface area contributed by atoms with Gasteiger partial charge in [-0.25, -0.2) is 0 Å². The van der Waals surface area contributed by atoms with E-state index in [-0.39, 0.29) is 11.3 Å². The topological polar surface area (TPSA) is 62.1 Å². The van der Waals surface area contributed by atoms with Gasteiger partial charge in [-0.3, -0.25) is 4.79 Å². The van der Waals surface area contributed by atoms with Crippen molar-refractivity contribution in [1.82, 2.24) is 0 Å². The second-order valence-electron chi connectivity index (χ2n) is 6.25. The van der Waals surface area contributed by atoms with Gasteiger partial charge in [0.05, 0.1) is 12.2 Å². The Hall–Kier alpha value is -2.02. The van der Waals surface area contributed by atoms with Gasteiger partial charge in [0.25, 0.3) is 0 Å². The minimum atomic E-state index is -0.275. The van der Waals surface area contributed by atoms with Crippen LogP contribution in [0.5, 0.6) is 5.75 Å². The lowest BCUT2D eigenvalue weighted by Gasteiger charge is -2.22. The van der Waals surface area contributed by atoms with Crippen LogP contribution in [0, 0.1) is 16.7 Å². The summed E-state index contributed by atoms with van der Waals surface area (Å²) in [5, 5.41) is 12.2. The Morgan fingerprint density at radius 3 is 2.77 bits per heavy atom. The summed E-state index contributed by atoms with van der Waals surface area (Å²) in [5.74, 6) is 0.634. The van der Waals surface area contributed by atoms with E-state index < -0.39 is 0 Å². The van der Waals surface area contributed by atoms with Crippen molar-refractivity contribution in [1.29, 1.82) is 5.26 Å². The number of amides is 1. The van der Waals surface area contributed by atoms with E-state index >= 15 is 0 Å². The molecule has 2 rings (SSSR count). The van der Waals surface area contributed by atoms with Gasteiger partial charge in [-0.1, -0.05) is 33.1 Å². The van der Waals surface area contributed by atoms with Gasteiger partial charge in [0.1, 0.15) is 11.8 Å². The number of benzene rings is 1. The standard InChI is InChI=1S/C18H24N2O2/c1-3-4-11-22-16-8-7-15(12-14(16)13-19)20-17(21)18(2)9-5-6-10-18/h7-8,12H,3-6,9-11H2,1-2H3,(H,20,21). The highest BCUT2D eigenvalue weighted by atomic mass is 16.5. The third-order valence-electron chi connectivity index (χ3n) is 4.37. The number of hydrogen-bond donors (Lipinski definition) is 1. The minimum Gasteiger partial charge on any atom is -0.492 e. The first-order chi connectivity index (χ1) is 10.6. The molecule has 0 spiro atoms. The van der Waals surface area contributed by atoms with E-state index in [1.807, 2.05) is 6.92 Å². The zero-order chi connectivity index (χ0) is 16.0. The lowest BCUT2D eigenvalue weighted by atomic mass is 9.88. The molecule has 1 N–H and O–H groups in total. The minimum absolute atomic E-state index is 0.0496. The molecule has 0 aromatic heterocycles. The zero-order valence-corrected chi connectivity index (χ0v) is 13.4. The second-order valence-corrected chi connectivity index (χ2v) is 6.25. The molecule has 0 unspecified atom stereocenters. The quantitative estimate of drug-likeness (QED) is 0.799. The number of nitriles is 1. The fourth-order valence-electron chi connectivity index (χ4n) is 2.81. The Kier molecular flexibility index (Phi) is 5.43. The van der Waals surface area contributed by atoms with Crippen LogP contribution in [0.4, 0.5) is 5.69 Å². The van der Waals surface area contributed by atoms with E-state index in [0.717, 1.165) is 38.5 Å². The maximum absolute atomic E-state index is 12.4. The lowest BCUT2D eigenvalue weighted by Crippen LogP contribution is -2.30. The van der Waals surface area contributed by atoms with Crippen LogP contribution in [0.1, 0.15) is 57.9 Å². The normalized spacial score (nSPS) is 16.0. The summed E-state index contributed by atoms with van der Waals surface area (Å²) < 4.78 is 5.61. The molecule has 0 radical (unpaired) electrons. The molecule has 1 saturated carbocycles. The molecule has 0 heterocycles. The van der Waals surface area contributed by atoms with E-state index in [1.165, 1.54) is 0 Å². The highest BCUT2D eigenvalue weighted by Gasteiger charge is 2.36. The number of unbranched alkanes of at least 4 members (excludes halogenated alkanes) is 1. The van der Waals surface area contributed by atoms with E-state index in [1.54, 1.807) is 18.2 Å². The molecule has 4 heteroatoms. The SMILES string of the molecule is CCCCOc1ccc(NC(=O)C2(C)CCCC2)cc1C#N. The molecule has 22 heavy (non-hydrogen) atoms. The summed E-state index contributed by atoms with van der Waals surface area (Å²) in [6, 6.07) is 7.40. The second kappa shape index (κ2) is 7.31. The van der Waals surface area contributed by atoms with Gasteiger partial charge in [-0.05, 0) is 37.5 Å². The molecule has 1 fully saturated rings. The van der Waals surface area contributed by atoms with Crippen molar-refractivity contribution in [3.05, 3.63) is 23.8 Å². The maximum atomic E-state index is 12.4. The molecule has 4 nitrogen and oxygen atoms in total. The van der Waals surface area contributed by atoms with Crippen molar-refractivity contribution in [2.24, 2.45) is 5.41 Å². The molecule has 1 aliphatic carbocycles. The van der Waals surface area contributed by atoms with Crippen LogP contribution in [0.2, 0.25) is 0 Å². The van der Waals surface area contributed by atoms with Gasteiger partial charge < -0.3 is 10.1 Å². The summed E-state index contributed by atoms with van der Waals surface area (Å²) >= 11 is 0. The summed E-state index contributed by atoms with van der Waals surface area (Å²) in [5.41, 5.74) is 0.853. The number of carbonyl (C=O) groups excluding carboxylic acids is 1. The van der Waals surface area contributed by atoms with Crippen LogP contribution < -0.4 is 10.1 Å². The highest BCUT2D eigenvalue weighted by molar-refractivity contribution is 5.95. The number of nitrogens with zero attached hydrogens (tertiary/aromatic N) is 1. The molecule has 1 aromatic rings. The van der Waals surface area contributed by atoms with Crippen molar-refractivity contribution in [3.63, 3.8) is 0 Å². The molecule has 1 amide bonds. The van der Waals surface area contributed by atoms with Crippen LogP contribution in [-0.2, 0) is 4.79 Å². The largest absolute Gasteiger partial charge is 0.492 e. The average molecular weight is 300 g/mol. The average Bonchev–Trinajstić information content (AvgIpc) is 2.97. The number of rotatable bonds is 6. The van der Waals surface area contributed by atoms with Crippen molar-refractivity contribution >= 4 is 11.6 Å². The molecule has 0 aliphatic heterocycles. The first-order valence-electron chi connectivity index (χ1n) is 8.07. The van der Waals surface area contributed by atoms with Gasteiger partial charge in [-0.2, -0.15) is 5.26 Å². The Labute approximate surface area is 132 Å². The fraction of sp³-hybridized carbons (Fsp3) is 0.556. The molecular formula is C18H24N2O2. The van der Waals surface area contributed by atoms with E-state index in [2.05, 4.69) is 18.3 Å². The van der Waals surface area contributed by atoms with Crippen LogP contribution in [-0.4, -0.2) is 12.5 Å². The highest BCUT2D eigenvalue weighted by Crippen LogP contribution is 2.38. The Balaban J connectivity index is 2.06. The fourth-order valence-corrected chi connectivity index (χ4v) is 2.81. The summed E-state index contributed by atoms with van der Waals surface area (Å²) in [4.78, 5) is 12.4. The van der Waals surface area contributed by atoms with E-state index in [4.69, 9.17) is 4.74 Å². The molecule has 0 atom stereocenters. The van der Waals surface area contributed by atoms with Gasteiger partial charge in [0, 0.05) is 11.1 Å². The smallest absolute Gasteiger partial charge is 0.230 e. The Bertz CT molecular complexity index is 569. The van der Waals surface area contributed by atoms with Crippen LogP contribution in [0.25, 0.3) is 0 Å². The van der Waals surface area contributed by atoms with Crippen molar-refractivity contribution < 1.29 is 9.53 Å². The number of carbonyl (C=O) groups is 1. The number of nitrogens with one attached hydrogen (secondary N) is 1.